The fraction of sp³-hybridized carbons (Fsp3) is 0.435. The lowest BCUT2D eigenvalue weighted by Crippen LogP contribution is -2.51. The quantitative estimate of drug-likeness (QED) is 0.732. The molecule has 0 spiro atoms. The van der Waals surface area contributed by atoms with Gasteiger partial charge in [0.1, 0.15) is 6.10 Å². The molecule has 0 bridgehead atoms. The van der Waals surface area contributed by atoms with Crippen LogP contribution in [-0.2, 0) is 27.4 Å². The van der Waals surface area contributed by atoms with Crippen molar-refractivity contribution in [2.45, 2.75) is 45.4 Å². The summed E-state index contributed by atoms with van der Waals surface area (Å²) >= 11 is 0. The Labute approximate surface area is 161 Å². The Bertz CT molecular complexity index is 726. The number of hydrogen-bond acceptors (Lipinski definition) is 4. The molecule has 2 aromatic rings. The molecule has 0 radical (unpaired) electrons. The Morgan fingerprint density at radius 1 is 0.889 bits per heavy atom. The molecule has 2 aromatic carbocycles. The molecule has 142 valence electrons. The van der Waals surface area contributed by atoms with Gasteiger partial charge in [0.2, 0.25) is 0 Å². The maximum Gasteiger partial charge on any atom is 0.170 e. The topological polar surface area (TPSA) is 51.5 Å². The minimum Gasteiger partial charge on any atom is -0.374 e. The van der Waals surface area contributed by atoms with Gasteiger partial charge in [-0.2, -0.15) is 5.26 Å². The van der Waals surface area contributed by atoms with Crippen molar-refractivity contribution in [1.29, 1.82) is 5.26 Å². The Hall–Kier alpha value is -2.19. The van der Waals surface area contributed by atoms with Crippen LogP contribution < -0.4 is 0 Å². The highest BCUT2D eigenvalue weighted by atomic mass is 16.6. The van der Waals surface area contributed by atoms with Gasteiger partial charge in [-0.3, -0.25) is 0 Å². The first-order chi connectivity index (χ1) is 13.2. The number of rotatable bonds is 7. The zero-order valence-electron chi connectivity index (χ0n) is 16.0. The van der Waals surface area contributed by atoms with Crippen LogP contribution in [0.5, 0.6) is 0 Å². The second-order valence-electron chi connectivity index (χ2n) is 7.20. The van der Waals surface area contributed by atoms with Gasteiger partial charge in [-0.25, -0.2) is 0 Å². The molecule has 4 nitrogen and oxygen atoms in total. The lowest BCUT2D eigenvalue weighted by Gasteiger charge is -2.42. The highest BCUT2D eigenvalue weighted by Gasteiger charge is 2.42. The van der Waals surface area contributed by atoms with E-state index in [0.29, 0.717) is 19.8 Å². The largest absolute Gasteiger partial charge is 0.374 e. The summed E-state index contributed by atoms with van der Waals surface area (Å²) in [5, 5.41) is 9.59. The molecule has 4 heteroatoms. The van der Waals surface area contributed by atoms with E-state index in [4.69, 9.17) is 14.2 Å². The van der Waals surface area contributed by atoms with Crippen molar-refractivity contribution in [3.63, 3.8) is 0 Å². The smallest absolute Gasteiger partial charge is 0.170 e. The zero-order chi connectivity index (χ0) is 19.1. The zero-order valence-corrected chi connectivity index (χ0v) is 16.0. The minimum atomic E-state index is -0.578. The van der Waals surface area contributed by atoms with Gasteiger partial charge in [0.05, 0.1) is 32.0 Å². The first-order valence-corrected chi connectivity index (χ1v) is 9.51. The lowest BCUT2D eigenvalue weighted by atomic mass is 9.81. The second-order valence-corrected chi connectivity index (χ2v) is 7.20. The third-order valence-electron chi connectivity index (χ3n) is 5.36. The van der Waals surface area contributed by atoms with Gasteiger partial charge < -0.3 is 14.2 Å². The van der Waals surface area contributed by atoms with E-state index in [9.17, 15) is 5.26 Å². The van der Waals surface area contributed by atoms with Crippen LogP contribution in [0.2, 0.25) is 0 Å². The summed E-state index contributed by atoms with van der Waals surface area (Å²) in [4.78, 5) is 0. The first-order valence-electron chi connectivity index (χ1n) is 9.51. The number of nitrogens with zero attached hydrogens (tertiary/aromatic N) is 1. The van der Waals surface area contributed by atoms with Crippen LogP contribution in [-0.4, -0.2) is 24.9 Å². The molecule has 1 aliphatic heterocycles. The van der Waals surface area contributed by atoms with Crippen molar-refractivity contribution in [2.24, 2.45) is 11.8 Å². The van der Waals surface area contributed by atoms with E-state index in [-0.39, 0.29) is 24.0 Å². The lowest BCUT2D eigenvalue weighted by molar-refractivity contribution is -0.186. The molecule has 0 saturated carbocycles. The van der Waals surface area contributed by atoms with Gasteiger partial charge in [-0.1, -0.05) is 74.5 Å². The van der Waals surface area contributed by atoms with Crippen LogP contribution in [0.25, 0.3) is 0 Å². The summed E-state index contributed by atoms with van der Waals surface area (Å²) in [6, 6.07) is 22.4. The van der Waals surface area contributed by atoms with Gasteiger partial charge in [0, 0.05) is 0 Å². The maximum absolute atomic E-state index is 9.59. The molecule has 0 N–H and O–H groups in total. The summed E-state index contributed by atoms with van der Waals surface area (Å²) in [5.74, 6) is 0.448. The van der Waals surface area contributed by atoms with Crippen LogP contribution in [0, 0.1) is 23.2 Å². The van der Waals surface area contributed by atoms with E-state index in [1.54, 1.807) is 0 Å². The van der Waals surface area contributed by atoms with Crippen molar-refractivity contribution in [3.05, 3.63) is 71.8 Å². The Kier molecular flexibility index (Phi) is 7.00. The van der Waals surface area contributed by atoms with Gasteiger partial charge in [-0.15, -0.1) is 0 Å². The summed E-state index contributed by atoms with van der Waals surface area (Å²) < 4.78 is 18.0. The molecule has 1 aliphatic rings. The third-order valence-corrected chi connectivity index (χ3v) is 5.36. The van der Waals surface area contributed by atoms with Gasteiger partial charge in [0.15, 0.2) is 6.10 Å². The number of benzene rings is 2. The minimum absolute atomic E-state index is 0.107. The molecule has 0 aromatic heterocycles. The fourth-order valence-electron chi connectivity index (χ4n) is 3.47. The van der Waals surface area contributed by atoms with Crippen molar-refractivity contribution in [2.75, 3.05) is 6.61 Å². The molecule has 0 amide bonds. The van der Waals surface area contributed by atoms with Crippen molar-refractivity contribution in [3.8, 4) is 6.07 Å². The summed E-state index contributed by atoms with van der Waals surface area (Å²) in [6.07, 6.45) is -0.925. The molecule has 5 unspecified atom stereocenters. The van der Waals surface area contributed by atoms with E-state index in [1.807, 2.05) is 60.7 Å². The molecule has 5 atom stereocenters. The molecule has 27 heavy (non-hydrogen) atoms. The van der Waals surface area contributed by atoms with Crippen LogP contribution in [0.4, 0.5) is 0 Å². The molecular weight excluding hydrogens is 338 g/mol. The normalized spacial score (nSPS) is 27.8. The summed E-state index contributed by atoms with van der Waals surface area (Å²) in [6.45, 7) is 5.79. The molecule has 1 saturated heterocycles. The van der Waals surface area contributed by atoms with Crippen LogP contribution >= 0.6 is 0 Å². The predicted octanol–water partition coefficient (Wildman–Crippen LogP) is 4.35. The third kappa shape index (κ3) is 5.17. The number of ether oxygens (including phenoxy) is 3. The summed E-state index contributed by atoms with van der Waals surface area (Å²) in [5.41, 5.74) is 2.23. The first kappa shape index (κ1) is 19.6. The Morgan fingerprint density at radius 3 is 2.07 bits per heavy atom. The molecule has 1 fully saturated rings. The van der Waals surface area contributed by atoms with Crippen LogP contribution in [0.1, 0.15) is 25.0 Å². The fourth-order valence-corrected chi connectivity index (χ4v) is 3.47. The van der Waals surface area contributed by atoms with Crippen LogP contribution in [0.15, 0.2) is 60.7 Å². The number of nitriles is 1. The van der Waals surface area contributed by atoms with Crippen molar-refractivity contribution in [1.82, 2.24) is 0 Å². The maximum atomic E-state index is 9.59. The Balaban J connectivity index is 1.55. The van der Waals surface area contributed by atoms with Crippen molar-refractivity contribution >= 4 is 0 Å². The second kappa shape index (κ2) is 9.66. The molecule has 1 heterocycles. The van der Waals surface area contributed by atoms with E-state index < -0.39 is 6.10 Å². The molecule has 3 rings (SSSR count). The standard InChI is InChI=1S/C23H27NO3/c1-17-18(2)23(26-15-20-11-7-4-8-12-20)21(13-24)27-22(17)16-25-14-19-9-5-3-6-10-19/h3-12,17-18,21-23H,14-16H2,1-2H3. The highest BCUT2D eigenvalue weighted by molar-refractivity contribution is 5.14. The Morgan fingerprint density at radius 2 is 1.48 bits per heavy atom. The molecule has 0 aliphatic carbocycles. The SMILES string of the molecule is CC1C(COCc2ccccc2)OC(C#N)C(OCc2ccccc2)C1C. The van der Waals surface area contributed by atoms with Gasteiger partial charge in [-0.05, 0) is 23.0 Å². The average Bonchev–Trinajstić information content (AvgIpc) is 2.72. The number of hydrogen-bond donors (Lipinski definition) is 0. The van der Waals surface area contributed by atoms with E-state index in [1.165, 1.54) is 0 Å². The predicted molar refractivity (Wildman–Crippen MR) is 104 cm³/mol. The van der Waals surface area contributed by atoms with Gasteiger partial charge in [0.25, 0.3) is 0 Å². The van der Waals surface area contributed by atoms with Crippen LogP contribution in [0.3, 0.4) is 0 Å². The molecular formula is C23H27NO3. The van der Waals surface area contributed by atoms with E-state index in [2.05, 4.69) is 19.9 Å². The monoisotopic (exact) mass is 365 g/mol. The summed E-state index contributed by atoms with van der Waals surface area (Å²) in [7, 11) is 0. The average molecular weight is 365 g/mol. The highest BCUT2D eigenvalue weighted by Crippen LogP contribution is 2.33. The van der Waals surface area contributed by atoms with E-state index in [0.717, 1.165) is 11.1 Å². The van der Waals surface area contributed by atoms with Gasteiger partial charge >= 0.3 is 0 Å². The van der Waals surface area contributed by atoms with Crippen molar-refractivity contribution < 1.29 is 14.2 Å². The van der Waals surface area contributed by atoms with E-state index >= 15 is 0 Å².